The number of aromatic nitrogens is 2. The fraction of sp³-hybridized carbons (Fsp3) is 0.0952. The molecule has 0 spiro atoms. The van der Waals surface area contributed by atoms with E-state index in [0.717, 1.165) is 29.6 Å². The number of para-hydroxylation sites is 2. The van der Waals surface area contributed by atoms with Crippen molar-refractivity contribution in [1.82, 2.24) is 9.55 Å². The molecule has 0 saturated carbocycles. The number of nitrogens with zero attached hydrogens (tertiary/aromatic N) is 2. The SMILES string of the molecule is O=S(=O)(Nc1ccc(CCn2cnc3ccccc32)cc1)c1ccccc1. The van der Waals surface area contributed by atoms with Crippen molar-refractivity contribution in [2.75, 3.05) is 4.72 Å². The fourth-order valence-corrected chi connectivity index (χ4v) is 4.07. The molecule has 27 heavy (non-hydrogen) atoms. The first-order chi connectivity index (χ1) is 13.1. The number of anilines is 1. The van der Waals surface area contributed by atoms with Crippen LogP contribution in [-0.4, -0.2) is 18.0 Å². The Morgan fingerprint density at radius 1 is 0.852 bits per heavy atom. The number of nitrogens with one attached hydrogen (secondary N) is 1. The molecule has 4 aromatic rings. The van der Waals surface area contributed by atoms with Crippen LogP contribution < -0.4 is 4.72 Å². The van der Waals surface area contributed by atoms with Gasteiger partial charge in [0.15, 0.2) is 0 Å². The third kappa shape index (κ3) is 3.85. The molecule has 4 rings (SSSR count). The number of rotatable bonds is 6. The van der Waals surface area contributed by atoms with E-state index in [4.69, 9.17) is 0 Å². The lowest BCUT2D eigenvalue weighted by Gasteiger charge is -2.09. The first-order valence-corrected chi connectivity index (χ1v) is 10.2. The predicted octanol–water partition coefficient (Wildman–Crippen LogP) is 4.08. The first-order valence-electron chi connectivity index (χ1n) is 8.68. The molecule has 136 valence electrons. The Labute approximate surface area is 158 Å². The summed E-state index contributed by atoms with van der Waals surface area (Å²) in [6.45, 7) is 0.815. The van der Waals surface area contributed by atoms with Crippen LogP contribution in [0.15, 0.2) is 90.1 Å². The number of hydrogen-bond acceptors (Lipinski definition) is 3. The Bertz CT molecular complexity index is 1150. The Morgan fingerprint density at radius 3 is 2.33 bits per heavy atom. The van der Waals surface area contributed by atoms with Gasteiger partial charge in [-0.1, -0.05) is 42.5 Å². The van der Waals surface area contributed by atoms with Gasteiger partial charge in [-0.05, 0) is 48.4 Å². The Balaban J connectivity index is 1.43. The minimum absolute atomic E-state index is 0.251. The van der Waals surface area contributed by atoms with E-state index in [-0.39, 0.29) is 4.90 Å². The fourth-order valence-electron chi connectivity index (χ4n) is 2.99. The molecule has 0 saturated heterocycles. The second-order valence-electron chi connectivity index (χ2n) is 6.29. The second kappa shape index (κ2) is 7.25. The van der Waals surface area contributed by atoms with Gasteiger partial charge in [0.25, 0.3) is 10.0 Å². The summed E-state index contributed by atoms with van der Waals surface area (Å²) >= 11 is 0. The van der Waals surface area contributed by atoms with E-state index in [1.165, 1.54) is 0 Å². The first kappa shape index (κ1) is 17.3. The largest absolute Gasteiger partial charge is 0.330 e. The van der Waals surface area contributed by atoms with Crippen LogP contribution in [0.1, 0.15) is 5.56 Å². The number of benzene rings is 3. The van der Waals surface area contributed by atoms with Crippen LogP contribution in [0.25, 0.3) is 11.0 Å². The molecule has 0 aliphatic carbocycles. The van der Waals surface area contributed by atoms with E-state index in [2.05, 4.69) is 20.3 Å². The zero-order valence-electron chi connectivity index (χ0n) is 14.6. The zero-order chi connectivity index (χ0) is 18.7. The predicted molar refractivity (Wildman–Crippen MR) is 107 cm³/mol. The average Bonchev–Trinajstić information content (AvgIpc) is 3.11. The van der Waals surface area contributed by atoms with E-state index in [1.54, 1.807) is 42.5 Å². The summed E-state index contributed by atoms with van der Waals surface area (Å²) in [5, 5.41) is 0. The summed E-state index contributed by atoms with van der Waals surface area (Å²) in [5.41, 5.74) is 3.79. The molecular formula is C21H19N3O2S. The van der Waals surface area contributed by atoms with Crippen molar-refractivity contribution >= 4 is 26.7 Å². The molecule has 5 nitrogen and oxygen atoms in total. The summed E-state index contributed by atoms with van der Waals surface area (Å²) in [6.07, 6.45) is 2.69. The summed E-state index contributed by atoms with van der Waals surface area (Å²) < 4.78 is 29.5. The van der Waals surface area contributed by atoms with Gasteiger partial charge in [-0.3, -0.25) is 4.72 Å². The van der Waals surface area contributed by atoms with Crippen LogP contribution in [0.5, 0.6) is 0 Å². The quantitative estimate of drug-likeness (QED) is 0.551. The summed E-state index contributed by atoms with van der Waals surface area (Å²) in [5.74, 6) is 0. The van der Waals surface area contributed by atoms with Gasteiger partial charge < -0.3 is 4.57 Å². The van der Waals surface area contributed by atoms with Crippen LogP contribution in [-0.2, 0) is 23.0 Å². The number of aryl methyl sites for hydroxylation is 2. The Hall–Kier alpha value is -3.12. The molecule has 6 heteroatoms. The molecule has 0 fully saturated rings. The van der Waals surface area contributed by atoms with Crippen LogP contribution in [0.3, 0.4) is 0 Å². The topological polar surface area (TPSA) is 64.0 Å². The summed E-state index contributed by atoms with van der Waals surface area (Å²) in [6, 6.07) is 23.9. The van der Waals surface area contributed by atoms with E-state index in [9.17, 15) is 8.42 Å². The van der Waals surface area contributed by atoms with Gasteiger partial charge in [-0.15, -0.1) is 0 Å². The van der Waals surface area contributed by atoms with Crippen LogP contribution >= 0.6 is 0 Å². The second-order valence-corrected chi connectivity index (χ2v) is 7.97. The highest BCUT2D eigenvalue weighted by Crippen LogP contribution is 2.18. The maximum Gasteiger partial charge on any atom is 0.261 e. The molecule has 0 amide bonds. The van der Waals surface area contributed by atoms with E-state index in [0.29, 0.717) is 5.69 Å². The molecule has 1 N–H and O–H groups in total. The van der Waals surface area contributed by atoms with Crippen LogP contribution in [0.4, 0.5) is 5.69 Å². The molecule has 3 aromatic carbocycles. The normalized spacial score (nSPS) is 11.6. The third-order valence-corrected chi connectivity index (χ3v) is 5.83. The molecule has 0 bridgehead atoms. The van der Waals surface area contributed by atoms with Gasteiger partial charge in [0.2, 0.25) is 0 Å². The zero-order valence-corrected chi connectivity index (χ0v) is 15.4. The third-order valence-electron chi connectivity index (χ3n) is 4.43. The van der Waals surface area contributed by atoms with Crippen molar-refractivity contribution in [3.05, 3.63) is 90.8 Å². The van der Waals surface area contributed by atoms with Crippen molar-refractivity contribution in [2.45, 2.75) is 17.9 Å². The van der Waals surface area contributed by atoms with Crippen molar-refractivity contribution in [2.24, 2.45) is 0 Å². The standard InChI is InChI=1S/C21H19N3O2S/c25-27(26,19-6-2-1-3-7-19)23-18-12-10-17(11-13-18)14-15-24-16-22-20-8-4-5-9-21(20)24/h1-13,16,23H,14-15H2. The van der Waals surface area contributed by atoms with Gasteiger partial charge in [-0.2, -0.15) is 0 Å². The lowest BCUT2D eigenvalue weighted by molar-refractivity contribution is 0.601. The molecule has 0 atom stereocenters. The van der Waals surface area contributed by atoms with Crippen molar-refractivity contribution in [1.29, 1.82) is 0 Å². The highest BCUT2D eigenvalue weighted by molar-refractivity contribution is 7.92. The van der Waals surface area contributed by atoms with Crippen molar-refractivity contribution in [3.8, 4) is 0 Å². The molecule has 0 radical (unpaired) electrons. The van der Waals surface area contributed by atoms with Crippen LogP contribution in [0, 0.1) is 0 Å². The van der Waals surface area contributed by atoms with Crippen molar-refractivity contribution in [3.63, 3.8) is 0 Å². The molecule has 0 unspecified atom stereocenters. The lowest BCUT2D eigenvalue weighted by atomic mass is 10.1. The minimum atomic E-state index is -3.56. The lowest BCUT2D eigenvalue weighted by Crippen LogP contribution is -2.12. The average molecular weight is 377 g/mol. The molecule has 0 aliphatic heterocycles. The number of hydrogen-bond donors (Lipinski definition) is 1. The molecule has 0 aliphatic rings. The Kier molecular flexibility index (Phi) is 4.64. The number of imidazole rings is 1. The number of sulfonamides is 1. The van der Waals surface area contributed by atoms with Gasteiger partial charge in [0.1, 0.15) is 0 Å². The van der Waals surface area contributed by atoms with Gasteiger partial charge in [-0.25, -0.2) is 13.4 Å². The van der Waals surface area contributed by atoms with Gasteiger partial charge >= 0.3 is 0 Å². The monoisotopic (exact) mass is 377 g/mol. The van der Waals surface area contributed by atoms with Gasteiger partial charge in [0.05, 0.1) is 22.3 Å². The summed E-state index contributed by atoms with van der Waals surface area (Å²) in [7, 11) is -3.56. The van der Waals surface area contributed by atoms with Crippen molar-refractivity contribution < 1.29 is 8.42 Å². The highest BCUT2D eigenvalue weighted by Gasteiger charge is 2.13. The minimum Gasteiger partial charge on any atom is -0.330 e. The smallest absolute Gasteiger partial charge is 0.261 e. The van der Waals surface area contributed by atoms with Crippen LogP contribution in [0.2, 0.25) is 0 Å². The van der Waals surface area contributed by atoms with E-state index >= 15 is 0 Å². The Morgan fingerprint density at radius 2 is 1.56 bits per heavy atom. The van der Waals surface area contributed by atoms with E-state index in [1.807, 2.05) is 36.7 Å². The molecular weight excluding hydrogens is 358 g/mol. The van der Waals surface area contributed by atoms with Gasteiger partial charge in [0, 0.05) is 12.2 Å². The molecule has 1 heterocycles. The van der Waals surface area contributed by atoms with E-state index < -0.39 is 10.0 Å². The highest BCUT2D eigenvalue weighted by atomic mass is 32.2. The molecule has 1 aromatic heterocycles. The maximum absolute atomic E-state index is 12.4. The summed E-state index contributed by atoms with van der Waals surface area (Å²) in [4.78, 5) is 4.65. The maximum atomic E-state index is 12.4. The number of fused-ring (bicyclic) bond motifs is 1.